The Morgan fingerprint density at radius 3 is 2.38 bits per heavy atom. The fourth-order valence-corrected chi connectivity index (χ4v) is 1.51. The smallest absolute Gasteiger partial charge is 0.0473 e. The minimum Gasteiger partial charge on any atom is -0.396 e. The van der Waals surface area contributed by atoms with Crippen LogP contribution in [-0.4, -0.2) is 16.3 Å². The molecule has 0 saturated heterocycles. The van der Waals surface area contributed by atoms with Crippen LogP contribution in [0.5, 0.6) is 0 Å². The highest BCUT2D eigenvalue weighted by Gasteiger charge is 2.07. The van der Waals surface area contributed by atoms with E-state index in [0.29, 0.717) is 5.92 Å². The van der Waals surface area contributed by atoms with Gasteiger partial charge in [-0.3, -0.25) is 0 Å². The first-order valence-electron chi connectivity index (χ1n) is 4.80. The lowest BCUT2D eigenvalue weighted by atomic mass is 10.2. The highest BCUT2D eigenvalue weighted by atomic mass is 16.3. The van der Waals surface area contributed by atoms with Gasteiger partial charge in [0.15, 0.2) is 0 Å². The van der Waals surface area contributed by atoms with Gasteiger partial charge in [-0.25, -0.2) is 0 Å². The zero-order valence-corrected chi connectivity index (χ0v) is 8.96. The van der Waals surface area contributed by atoms with Gasteiger partial charge in [-0.1, -0.05) is 6.92 Å². The first kappa shape index (κ1) is 10.3. The van der Waals surface area contributed by atoms with E-state index in [-0.39, 0.29) is 6.61 Å². The quantitative estimate of drug-likeness (QED) is 0.758. The lowest BCUT2D eigenvalue weighted by Crippen LogP contribution is -2.11. The molecule has 1 aromatic heterocycles. The van der Waals surface area contributed by atoms with Gasteiger partial charge < -0.3 is 9.67 Å². The summed E-state index contributed by atoms with van der Waals surface area (Å²) in [5.41, 5.74) is 4.02. The molecule has 0 spiro atoms. The standard InChI is InChI=1S/C11H19NO/c1-8(7-13)5-12-6-9(2)10(3)11(12)4/h6,8,13H,5,7H2,1-4H3. The molecule has 1 atom stereocenters. The van der Waals surface area contributed by atoms with Crippen LogP contribution in [0.1, 0.15) is 23.7 Å². The Morgan fingerprint density at radius 2 is 2.00 bits per heavy atom. The highest BCUT2D eigenvalue weighted by molar-refractivity contribution is 5.28. The third-order valence-corrected chi connectivity index (χ3v) is 2.73. The van der Waals surface area contributed by atoms with Crippen LogP contribution >= 0.6 is 0 Å². The van der Waals surface area contributed by atoms with Crippen molar-refractivity contribution in [2.45, 2.75) is 34.2 Å². The summed E-state index contributed by atoms with van der Waals surface area (Å²) < 4.78 is 2.23. The fourth-order valence-electron chi connectivity index (χ4n) is 1.51. The molecule has 74 valence electrons. The molecule has 13 heavy (non-hydrogen) atoms. The Labute approximate surface area is 80.2 Å². The van der Waals surface area contributed by atoms with Gasteiger partial charge >= 0.3 is 0 Å². The van der Waals surface area contributed by atoms with Gasteiger partial charge in [0.1, 0.15) is 0 Å². The fraction of sp³-hybridized carbons (Fsp3) is 0.636. The second-order valence-corrected chi connectivity index (χ2v) is 3.96. The number of aliphatic hydroxyl groups is 1. The average molecular weight is 181 g/mol. The van der Waals surface area contributed by atoms with Crippen LogP contribution in [0.15, 0.2) is 6.20 Å². The number of aromatic nitrogens is 1. The van der Waals surface area contributed by atoms with Crippen molar-refractivity contribution in [1.82, 2.24) is 4.57 Å². The maximum atomic E-state index is 8.95. The molecule has 0 aliphatic rings. The zero-order chi connectivity index (χ0) is 10.0. The largest absolute Gasteiger partial charge is 0.396 e. The first-order valence-corrected chi connectivity index (χ1v) is 4.80. The van der Waals surface area contributed by atoms with Gasteiger partial charge in [0, 0.05) is 25.0 Å². The second kappa shape index (κ2) is 3.97. The molecule has 1 N–H and O–H groups in total. The van der Waals surface area contributed by atoms with Crippen molar-refractivity contribution in [3.8, 4) is 0 Å². The summed E-state index contributed by atoms with van der Waals surface area (Å²) in [5.74, 6) is 0.338. The van der Waals surface area contributed by atoms with E-state index in [1.54, 1.807) is 0 Å². The van der Waals surface area contributed by atoms with Crippen molar-refractivity contribution in [2.24, 2.45) is 5.92 Å². The summed E-state index contributed by atoms with van der Waals surface area (Å²) >= 11 is 0. The van der Waals surface area contributed by atoms with Gasteiger partial charge in [0.05, 0.1) is 0 Å². The molecule has 0 amide bonds. The molecule has 0 radical (unpaired) electrons. The van der Waals surface area contributed by atoms with Crippen LogP contribution in [0.25, 0.3) is 0 Å². The van der Waals surface area contributed by atoms with Crippen molar-refractivity contribution in [3.63, 3.8) is 0 Å². The van der Waals surface area contributed by atoms with Crippen molar-refractivity contribution in [3.05, 3.63) is 23.0 Å². The summed E-state index contributed by atoms with van der Waals surface area (Å²) in [5, 5.41) is 8.95. The van der Waals surface area contributed by atoms with Crippen molar-refractivity contribution >= 4 is 0 Å². The predicted octanol–water partition coefficient (Wildman–Crippen LogP) is 2.04. The molecule has 1 unspecified atom stereocenters. The number of hydrogen-bond donors (Lipinski definition) is 1. The van der Waals surface area contributed by atoms with Crippen LogP contribution in [-0.2, 0) is 6.54 Å². The van der Waals surface area contributed by atoms with Crippen LogP contribution in [0.2, 0.25) is 0 Å². The summed E-state index contributed by atoms with van der Waals surface area (Å²) in [4.78, 5) is 0. The summed E-state index contributed by atoms with van der Waals surface area (Å²) in [6.45, 7) is 9.64. The molecule has 0 aliphatic carbocycles. The maximum absolute atomic E-state index is 8.95. The molecular formula is C11H19NO. The third-order valence-electron chi connectivity index (χ3n) is 2.73. The number of aliphatic hydroxyl groups excluding tert-OH is 1. The molecule has 0 fully saturated rings. The van der Waals surface area contributed by atoms with E-state index < -0.39 is 0 Å². The Kier molecular flexibility index (Phi) is 3.15. The average Bonchev–Trinajstić information content (AvgIpc) is 2.34. The first-order chi connectivity index (χ1) is 6.06. The minimum atomic E-state index is 0.260. The molecular weight excluding hydrogens is 162 g/mol. The van der Waals surface area contributed by atoms with Crippen LogP contribution in [0, 0.1) is 26.7 Å². The topological polar surface area (TPSA) is 25.2 Å². The van der Waals surface area contributed by atoms with Crippen LogP contribution < -0.4 is 0 Å². The van der Waals surface area contributed by atoms with Gasteiger partial charge in [-0.15, -0.1) is 0 Å². The molecule has 1 aromatic rings. The second-order valence-electron chi connectivity index (χ2n) is 3.96. The van der Waals surface area contributed by atoms with Gasteiger partial charge in [-0.05, 0) is 37.8 Å². The number of aryl methyl sites for hydroxylation is 1. The molecule has 0 bridgehead atoms. The monoisotopic (exact) mass is 181 g/mol. The Bertz CT molecular complexity index is 289. The molecule has 1 rings (SSSR count). The van der Waals surface area contributed by atoms with E-state index in [9.17, 15) is 0 Å². The minimum absolute atomic E-state index is 0.260. The van der Waals surface area contributed by atoms with E-state index in [0.717, 1.165) is 6.54 Å². The van der Waals surface area contributed by atoms with Gasteiger partial charge in [-0.2, -0.15) is 0 Å². The maximum Gasteiger partial charge on any atom is 0.0473 e. The number of nitrogens with zero attached hydrogens (tertiary/aromatic N) is 1. The Balaban J connectivity index is 2.83. The van der Waals surface area contributed by atoms with Gasteiger partial charge in [0.2, 0.25) is 0 Å². The lowest BCUT2D eigenvalue weighted by Gasteiger charge is -2.11. The lowest BCUT2D eigenvalue weighted by molar-refractivity contribution is 0.222. The summed E-state index contributed by atoms with van der Waals surface area (Å²) in [7, 11) is 0. The third kappa shape index (κ3) is 2.13. The number of hydrogen-bond acceptors (Lipinski definition) is 1. The Hall–Kier alpha value is -0.760. The molecule has 0 saturated carbocycles. The molecule has 0 aliphatic heterocycles. The van der Waals surface area contributed by atoms with E-state index >= 15 is 0 Å². The van der Waals surface area contributed by atoms with Crippen LogP contribution in [0.3, 0.4) is 0 Å². The van der Waals surface area contributed by atoms with E-state index in [1.807, 2.05) is 0 Å². The Morgan fingerprint density at radius 1 is 1.38 bits per heavy atom. The summed E-state index contributed by atoms with van der Waals surface area (Å²) in [6.07, 6.45) is 2.16. The van der Waals surface area contributed by atoms with E-state index in [1.165, 1.54) is 16.8 Å². The SMILES string of the molecule is Cc1cn(CC(C)CO)c(C)c1C. The van der Waals surface area contributed by atoms with E-state index in [4.69, 9.17) is 5.11 Å². The van der Waals surface area contributed by atoms with Crippen molar-refractivity contribution in [2.75, 3.05) is 6.61 Å². The summed E-state index contributed by atoms with van der Waals surface area (Å²) in [6, 6.07) is 0. The van der Waals surface area contributed by atoms with Crippen LogP contribution in [0.4, 0.5) is 0 Å². The van der Waals surface area contributed by atoms with E-state index in [2.05, 4.69) is 38.5 Å². The van der Waals surface area contributed by atoms with Crippen molar-refractivity contribution in [1.29, 1.82) is 0 Å². The van der Waals surface area contributed by atoms with Gasteiger partial charge in [0.25, 0.3) is 0 Å². The molecule has 0 aromatic carbocycles. The predicted molar refractivity (Wildman–Crippen MR) is 54.9 cm³/mol. The molecule has 2 nitrogen and oxygen atoms in total. The molecule has 1 heterocycles. The highest BCUT2D eigenvalue weighted by Crippen LogP contribution is 2.15. The zero-order valence-electron chi connectivity index (χ0n) is 8.96. The normalized spacial score (nSPS) is 13.3. The van der Waals surface area contributed by atoms with Crippen molar-refractivity contribution < 1.29 is 5.11 Å². The number of rotatable bonds is 3. The molecule has 2 heteroatoms.